The first kappa shape index (κ1) is 25.4. The number of rotatable bonds is 8. The fourth-order valence-electron chi connectivity index (χ4n) is 5.36. The SMILES string of the molecule is CC(C)COC(=O)c1ccc(NC(=O)COC(=O)c2cccc(N3C(=O)[C@@H]4[C@@H](C3=O)[C@H]3C=C[C@H]4C3)c2)cc1. The molecule has 1 saturated heterocycles. The predicted molar refractivity (Wildman–Crippen MR) is 137 cm³/mol. The summed E-state index contributed by atoms with van der Waals surface area (Å²) in [6, 6.07) is 12.3. The molecule has 0 aromatic heterocycles. The van der Waals surface area contributed by atoms with Crippen LogP contribution in [0.3, 0.4) is 0 Å². The maximum absolute atomic E-state index is 13.1. The standard InChI is InChI=1S/C29H28N2O7/c1-16(2)14-37-28(35)17-8-10-21(11-9-17)30-23(32)15-38-29(36)20-4-3-5-22(13-20)31-26(33)24-18-6-7-19(12-18)25(24)27(31)34/h3-11,13,16,18-19,24-25H,12,14-15H2,1-2H3,(H,30,32)/t18-,19-,24-,25-/m0/s1. The van der Waals surface area contributed by atoms with E-state index in [2.05, 4.69) is 5.32 Å². The fourth-order valence-corrected chi connectivity index (χ4v) is 5.36. The van der Waals surface area contributed by atoms with Crippen molar-refractivity contribution < 1.29 is 33.4 Å². The van der Waals surface area contributed by atoms with Gasteiger partial charge in [-0.1, -0.05) is 32.1 Å². The Labute approximate surface area is 219 Å². The van der Waals surface area contributed by atoms with Crippen LogP contribution in [0, 0.1) is 29.6 Å². The second-order valence-corrected chi connectivity index (χ2v) is 10.3. The summed E-state index contributed by atoms with van der Waals surface area (Å²) in [5, 5.41) is 2.60. The van der Waals surface area contributed by atoms with Crippen molar-refractivity contribution in [1.82, 2.24) is 0 Å². The maximum Gasteiger partial charge on any atom is 0.338 e. The molecule has 3 amide bonds. The maximum atomic E-state index is 13.1. The number of carbonyl (C=O) groups excluding carboxylic acids is 5. The summed E-state index contributed by atoms with van der Waals surface area (Å²) >= 11 is 0. The molecule has 1 N–H and O–H groups in total. The molecule has 2 aromatic carbocycles. The normalized spacial score (nSPS) is 23.1. The van der Waals surface area contributed by atoms with Gasteiger partial charge < -0.3 is 14.8 Å². The Morgan fingerprint density at radius 1 is 0.895 bits per heavy atom. The zero-order valence-electron chi connectivity index (χ0n) is 21.1. The van der Waals surface area contributed by atoms with Crippen LogP contribution in [0.2, 0.25) is 0 Å². The van der Waals surface area contributed by atoms with E-state index in [-0.39, 0.29) is 47.0 Å². The number of ether oxygens (including phenoxy) is 2. The lowest BCUT2D eigenvalue weighted by molar-refractivity contribution is -0.123. The lowest BCUT2D eigenvalue weighted by Crippen LogP contribution is -2.33. The van der Waals surface area contributed by atoms with Gasteiger partial charge >= 0.3 is 11.9 Å². The molecule has 4 atom stereocenters. The lowest BCUT2D eigenvalue weighted by atomic mass is 9.85. The minimum absolute atomic E-state index is 0.0908. The number of anilines is 2. The van der Waals surface area contributed by atoms with Gasteiger partial charge in [-0.3, -0.25) is 14.4 Å². The highest BCUT2D eigenvalue weighted by Crippen LogP contribution is 2.53. The van der Waals surface area contributed by atoms with Crippen LogP contribution in [-0.2, 0) is 23.9 Å². The van der Waals surface area contributed by atoms with Gasteiger partial charge in [0.15, 0.2) is 6.61 Å². The van der Waals surface area contributed by atoms with Crippen molar-refractivity contribution in [2.45, 2.75) is 20.3 Å². The number of allylic oxidation sites excluding steroid dienone is 2. The van der Waals surface area contributed by atoms with E-state index in [0.717, 1.165) is 6.42 Å². The van der Waals surface area contributed by atoms with Crippen LogP contribution >= 0.6 is 0 Å². The van der Waals surface area contributed by atoms with Crippen molar-refractivity contribution in [1.29, 1.82) is 0 Å². The summed E-state index contributed by atoms with van der Waals surface area (Å²) in [7, 11) is 0. The highest BCUT2D eigenvalue weighted by molar-refractivity contribution is 6.23. The fraction of sp³-hybridized carbons (Fsp3) is 0.345. The average Bonchev–Trinajstić information content (AvgIpc) is 3.59. The number of benzene rings is 2. The molecule has 0 unspecified atom stereocenters. The molecule has 9 heteroatoms. The second kappa shape index (κ2) is 10.2. The molecule has 1 saturated carbocycles. The number of hydrogen-bond donors (Lipinski definition) is 1. The third kappa shape index (κ3) is 4.83. The number of esters is 2. The van der Waals surface area contributed by atoms with Crippen molar-refractivity contribution in [2.24, 2.45) is 29.6 Å². The van der Waals surface area contributed by atoms with Gasteiger partial charge in [-0.05, 0) is 66.6 Å². The van der Waals surface area contributed by atoms with Crippen LogP contribution in [0.4, 0.5) is 11.4 Å². The molecule has 2 bridgehead atoms. The van der Waals surface area contributed by atoms with Gasteiger partial charge in [0.1, 0.15) is 0 Å². The minimum Gasteiger partial charge on any atom is -0.462 e. The zero-order valence-corrected chi connectivity index (χ0v) is 21.1. The number of fused-ring (bicyclic) bond motifs is 5. The van der Waals surface area contributed by atoms with E-state index in [9.17, 15) is 24.0 Å². The Bertz CT molecular complexity index is 1300. The Balaban J connectivity index is 1.16. The van der Waals surface area contributed by atoms with Gasteiger partial charge in [0.25, 0.3) is 5.91 Å². The van der Waals surface area contributed by atoms with Crippen molar-refractivity contribution in [3.8, 4) is 0 Å². The summed E-state index contributed by atoms with van der Waals surface area (Å²) in [6.07, 6.45) is 4.88. The summed E-state index contributed by atoms with van der Waals surface area (Å²) in [5.41, 5.74) is 1.23. The van der Waals surface area contributed by atoms with Gasteiger partial charge in [0, 0.05) is 5.69 Å². The summed E-state index contributed by atoms with van der Waals surface area (Å²) in [5.74, 6) is -2.51. The third-order valence-electron chi connectivity index (χ3n) is 7.10. The molecule has 196 valence electrons. The van der Waals surface area contributed by atoms with E-state index in [0.29, 0.717) is 23.5 Å². The first-order valence-corrected chi connectivity index (χ1v) is 12.6. The van der Waals surface area contributed by atoms with Crippen LogP contribution in [0.25, 0.3) is 0 Å². The summed E-state index contributed by atoms with van der Waals surface area (Å²) in [6.45, 7) is 3.66. The van der Waals surface area contributed by atoms with E-state index >= 15 is 0 Å². The lowest BCUT2D eigenvalue weighted by Gasteiger charge is -2.18. The van der Waals surface area contributed by atoms with Crippen molar-refractivity contribution in [2.75, 3.05) is 23.4 Å². The molecule has 1 aliphatic heterocycles. The predicted octanol–water partition coefficient (Wildman–Crippen LogP) is 3.61. The quantitative estimate of drug-likeness (QED) is 0.323. The van der Waals surface area contributed by atoms with Gasteiger partial charge in [-0.2, -0.15) is 0 Å². The Hall–Kier alpha value is -4.27. The van der Waals surface area contributed by atoms with Gasteiger partial charge in [-0.15, -0.1) is 0 Å². The van der Waals surface area contributed by atoms with Crippen LogP contribution in [-0.4, -0.2) is 42.9 Å². The molecular formula is C29H28N2O7. The van der Waals surface area contributed by atoms with E-state index in [1.165, 1.54) is 29.2 Å². The largest absolute Gasteiger partial charge is 0.462 e. The number of nitrogens with zero attached hydrogens (tertiary/aromatic N) is 1. The molecule has 2 fully saturated rings. The number of amides is 3. The number of carbonyl (C=O) groups is 5. The Morgan fingerprint density at radius 3 is 2.16 bits per heavy atom. The topological polar surface area (TPSA) is 119 Å². The van der Waals surface area contributed by atoms with E-state index in [1.807, 2.05) is 26.0 Å². The molecule has 0 spiro atoms. The van der Waals surface area contributed by atoms with Crippen molar-refractivity contribution >= 4 is 41.0 Å². The smallest absolute Gasteiger partial charge is 0.338 e. The highest BCUT2D eigenvalue weighted by Gasteiger charge is 2.59. The Morgan fingerprint density at radius 2 is 1.53 bits per heavy atom. The number of hydrogen-bond acceptors (Lipinski definition) is 7. The van der Waals surface area contributed by atoms with Gasteiger partial charge in [-0.25, -0.2) is 14.5 Å². The van der Waals surface area contributed by atoms with Crippen LogP contribution in [0.15, 0.2) is 60.7 Å². The molecule has 38 heavy (non-hydrogen) atoms. The molecule has 0 radical (unpaired) electrons. The molecule has 5 rings (SSSR count). The Kier molecular flexibility index (Phi) is 6.84. The summed E-state index contributed by atoms with van der Waals surface area (Å²) < 4.78 is 10.3. The van der Waals surface area contributed by atoms with Crippen molar-refractivity contribution in [3.63, 3.8) is 0 Å². The zero-order chi connectivity index (χ0) is 27.0. The van der Waals surface area contributed by atoms with E-state index in [4.69, 9.17) is 9.47 Å². The molecule has 1 heterocycles. The molecule has 2 aliphatic carbocycles. The molecule has 3 aliphatic rings. The first-order valence-electron chi connectivity index (χ1n) is 12.6. The van der Waals surface area contributed by atoms with Gasteiger partial charge in [0.2, 0.25) is 11.8 Å². The first-order chi connectivity index (χ1) is 18.2. The highest BCUT2D eigenvalue weighted by atomic mass is 16.5. The molecule has 9 nitrogen and oxygen atoms in total. The summed E-state index contributed by atoms with van der Waals surface area (Å²) in [4.78, 5) is 64.2. The molecule has 2 aromatic rings. The van der Waals surface area contributed by atoms with Crippen molar-refractivity contribution in [3.05, 3.63) is 71.8 Å². The number of imide groups is 1. The van der Waals surface area contributed by atoms with E-state index < -0.39 is 24.5 Å². The number of nitrogens with one attached hydrogen (secondary N) is 1. The van der Waals surface area contributed by atoms with Gasteiger partial charge in [0.05, 0.1) is 35.3 Å². The molecular weight excluding hydrogens is 488 g/mol. The van der Waals surface area contributed by atoms with E-state index in [1.54, 1.807) is 24.3 Å². The average molecular weight is 517 g/mol. The van der Waals surface area contributed by atoms with Crippen LogP contribution in [0.1, 0.15) is 41.0 Å². The third-order valence-corrected chi connectivity index (χ3v) is 7.10. The van der Waals surface area contributed by atoms with Crippen LogP contribution < -0.4 is 10.2 Å². The minimum atomic E-state index is -0.758. The second-order valence-electron chi connectivity index (χ2n) is 10.3. The van der Waals surface area contributed by atoms with Crippen LogP contribution in [0.5, 0.6) is 0 Å². The monoisotopic (exact) mass is 516 g/mol.